The second-order valence-electron chi connectivity index (χ2n) is 4.94. The number of benzene rings is 1. The van der Waals surface area contributed by atoms with Gasteiger partial charge in [-0.1, -0.05) is 20.3 Å². The number of carbonyl (C=O) groups excluding carboxylic acids is 1. The number of rotatable bonds is 7. The monoisotopic (exact) mass is 346 g/mol. The molecule has 0 unspecified atom stereocenters. The van der Waals surface area contributed by atoms with E-state index in [-0.39, 0.29) is 11.6 Å². The van der Waals surface area contributed by atoms with Gasteiger partial charge in [-0.3, -0.25) is 14.7 Å². The molecule has 10 heteroatoms. The van der Waals surface area contributed by atoms with Gasteiger partial charge in [0, 0.05) is 6.07 Å². The van der Waals surface area contributed by atoms with Crippen molar-refractivity contribution in [1.82, 2.24) is 0 Å². The standard InChI is InChI=1S/C13H18N2O7S/c1-4-8(2)12(13(16)22-3)14-10-6-5-9(23(19,20)21)7-11(10)15(17)18/h5-8,12,14H,4H2,1-3H3,(H,19,20,21)/t8-,12-/m0/s1. The lowest BCUT2D eigenvalue weighted by Gasteiger charge is -2.22. The number of hydrogen-bond donors (Lipinski definition) is 2. The van der Waals surface area contributed by atoms with E-state index < -0.39 is 37.6 Å². The maximum absolute atomic E-state index is 11.8. The Morgan fingerprint density at radius 3 is 2.52 bits per heavy atom. The molecule has 1 rings (SSSR count). The molecule has 0 aliphatic carbocycles. The van der Waals surface area contributed by atoms with Crippen LogP contribution in [0.5, 0.6) is 0 Å². The molecule has 0 bridgehead atoms. The van der Waals surface area contributed by atoms with E-state index in [0.29, 0.717) is 6.42 Å². The topological polar surface area (TPSA) is 136 Å². The van der Waals surface area contributed by atoms with Crippen molar-refractivity contribution in [2.24, 2.45) is 5.92 Å². The lowest BCUT2D eigenvalue weighted by atomic mass is 9.99. The Bertz CT molecular complexity index is 702. The summed E-state index contributed by atoms with van der Waals surface area (Å²) in [5.41, 5.74) is -0.615. The Morgan fingerprint density at radius 1 is 1.48 bits per heavy atom. The van der Waals surface area contributed by atoms with Crippen molar-refractivity contribution in [2.75, 3.05) is 12.4 Å². The minimum atomic E-state index is -4.57. The van der Waals surface area contributed by atoms with Gasteiger partial charge in [-0.05, 0) is 18.1 Å². The van der Waals surface area contributed by atoms with Crippen LogP contribution in [0, 0.1) is 16.0 Å². The van der Waals surface area contributed by atoms with Crippen molar-refractivity contribution in [3.05, 3.63) is 28.3 Å². The van der Waals surface area contributed by atoms with E-state index in [4.69, 9.17) is 4.55 Å². The van der Waals surface area contributed by atoms with E-state index >= 15 is 0 Å². The van der Waals surface area contributed by atoms with Crippen LogP contribution < -0.4 is 5.32 Å². The minimum Gasteiger partial charge on any atom is -0.467 e. The van der Waals surface area contributed by atoms with Crippen LogP contribution in [-0.4, -0.2) is 37.0 Å². The summed E-state index contributed by atoms with van der Waals surface area (Å²) in [6, 6.07) is 2.03. The first kappa shape index (κ1) is 18.8. The van der Waals surface area contributed by atoms with Crippen molar-refractivity contribution >= 4 is 27.5 Å². The van der Waals surface area contributed by atoms with Gasteiger partial charge in [-0.2, -0.15) is 8.42 Å². The van der Waals surface area contributed by atoms with E-state index in [1.807, 2.05) is 6.92 Å². The summed E-state index contributed by atoms with van der Waals surface area (Å²) in [4.78, 5) is 21.6. The number of anilines is 1. The van der Waals surface area contributed by atoms with Gasteiger partial charge in [0.2, 0.25) is 0 Å². The summed E-state index contributed by atoms with van der Waals surface area (Å²) >= 11 is 0. The lowest BCUT2D eigenvalue weighted by Crippen LogP contribution is -2.36. The zero-order chi connectivity index (χ0) is 17.8. The number of nitrogens with one attached hydrogen (secondary N) is 1. The molecule has 0 amide bonds. The molecule has 0 spiro atoms. The quantitative estimate of drug-likeness (QED) is 0.330. The first-order chi connectivity index (χ1) is 10.6. The number of nitro benzene ring substituents is 1. The Hall–Kier alpha value is -2.20. The van der Waals surface area contributed by atoms with Gasteiger partial charge < -0.3 is 10.1 Å². The highest BCUT2D eigenvalue weighted by Crippen LogP contribution is 2.29. The maximum atomic E-state index is 11.8. The van der Waals surface area contributed by atoms with E-state index in [9.17, 15) is 23.3 Å². The predicted octanol–water partition coefficient (Wildman–Crippen LogP) is 1.84. The molecule has 0 saturated carbocycles. The van der Waals surface area contributed by atoms with Gasteiger partial charge in [-0.15, -0.1) is 0 Å². The highest BCUT2D eigenvalue weighted by molar-refractivity contribution is 7.85. The molecule has 0 saturated heterocycles. The van der Waals surface area contributed by atoms with E-state index in [1.165, 1.54) is 7.11 Å². The molecule has 128 valence electrons. The minimum absolute atomic E-state index is 0.0434. The van der Waals surface area contributed by atoms with Crippen LogP contribution in [0.2, 0.25) is 0 Å². The molecular weight excluding hydrogens is 328 g/mol. The van der Waals surface area contributed by atoms with Crippen LogP contribution in [0.4, 0.5) is 11.4 Å². The molecule has 1 aromatic rings. The van der Waals surface area contributed by atoms with Crippen LogP contribution in [0.25, 0.3) is 0 Å². The zero-order valence-corrected chi connectivity index (χ0v) is 13.7. The number of nitro groups is 1. The number of esters is 1. The molecule has 1 aromatic carbocycles. The number of carbonyl (C=O) groups is 1. The van der Waals surface area contributed by atoms with Crippen molar-refractivity contribution in [3.8, 4) is 0 Å². The molecule has 0 aliphatic heterocycles. The lowest BCUT2D eigenvalue weighted by molar-refractivity contribution is -0.384. The highest BCUT2D eigenvalue weighted by Gasteiger charge is 2.28. The summed E-state index contributed by atoms with van der Waals surface area (Å²) < 4.78 is 35.8. The van der Waals surface area contributed by atoms with Gasteiger partial charge in [0.1, 0.15) is 16.6 Å². The van der Waals surface area contributed by atoms with Crippen LogP contribution in [-0.2, 0) is 19.6 Å². The summed E-state index contributed by atoms with van der Waals surface area (Å²) in [7, 11) is -3.37. The second kappa shape index (κ2) is 7.38. The van der Waals surface area contributed by atoms with Crippen molar-refractivity contribution in [1.29, 1.82) is 0 Å². The van der Waals surface area contributed by atoms with Gasteiger partial charge in [-0.25, -0.2) is 4.79 Å². The third-order valence-electron chi connectivity index (χ3n) is 3.44. The van der Waals surface area contributed by atoms with Crippen LogP contribution in [0.3, 0.4) is 0 Å². The summed E-state index contributed by atoms with van der Waals surface area (Å²) in [5, 5.41) is 13.9. The summed E-state index contributed by atoms with van der Waals surface area (Å²) in [6.07, 6.45) is 0.615. The van der Waals surface area contributed by atoms with Gasteiger partial charge in [0.05, 0.1) is 12.0 Å². The molecule has 0 fully saturated rings. The van der Waals surface area contributed by atoms with Crippen molar-refractivity contribution < 1.29 is 27.4 Å². The molecule has 0 aromatic heterocycles. The highest BCUT2D eigenvalue weighted by atomic mass is 32.2. The Morgan fingerprint density at radius 2 is 2.09 bits per heavy atom. The van der Waals surface area contributed by atoms with Crippen LogP contribution in [0.15, 0.2) is 23.1 Å². The first-order valence-electron chi connectivity index (χ1n) is 6.72. The SMILES string of the molecule is CC[C@H](C)[C@H](Nc1ccc(S(=O)(=O)O)cc1[N+](=O)[O-])C(=O)OC. The van der Waals surface area contributed by atoms with Gasteiger partial charge >= 0.3 is 5.97 Å². The molecule has 0 radical (unpaired) electrons. The number of hydrogen-bond acceptors (Lipinski definition) is 7. The van der Waals surface area contributed by atoms with Crippen molar-refractivity contribution in [2.45, 2.75) is 31.2 Å². The van der Waals surface area contributed by atoms with Crippen molar-refractivity contribution in [3.63, 3.8) is 0 Å². The van der Waals surface area contributed by atoms with Gasteiger partial charge in [0.15, 0.2) is 0 Å². The Balaban J connectivity index is 3.30. The normalized spacial score (nSPS) is 13.9. The van der Waals surface area contributed by atoms with E-state index in [0.717, 1.165) is 18.2 Å². The van der Waals surface area contributed by atoms with E-state index in [1.54, 1.807) is 6.92 Å². The molecule has 23 heavy (non-hydrogen) atoms. The predicted molar refractivity (Wildman–Crippen MR) is 81.8 cm³/mol. The number of nitrogens with zero attached hydrogens (tertiary/aromatic N) is 1. The molecule has 2 N–H and O–H groups in total. The fraction of sp³-hybridized carbons (Fsp3) is 0.462. The third kappa shape index (κ3) is 4.63. The second-order valence-corrected chi connectivity index (χ2v) is 6.36. The average Bonchev–Trinajstić information content (AvgIpc) is 2.49. The Kier molecular flexibility index (Phi) is 6.05. The van der Waals surface area contributed by atoms with Crippen LogP contribution in [0.1, 0.15) is 20.3 Å². The zero-order valence-electron chi connectivity index (χ0n) is 12.8. The third-order valence-corrected chi connectivity index (χ3v) is 4.29. The first-order valence-corrected chi connectivity index (χ1v) is 8.16. The van der Waals surface area contributed by atoms with Gasteiger partial charge in [0.25, 0.3) is 15.8 Å². The van der Waals surface area contributed by atoms with Crippen LogP contribution >= 0.6 is 0 Å². The summed E-state index contributed by atoms with van der Waals surface area (Å²) in [6.45, 7) is 3.62. The number of ether oxygens (including phenoxy) is 1. The summed E-state index contributed by atoms with van der Waals surface area (Å²) in [5.74, 6) is -0.768. The Labute approximate surface area is 133 Å². The molecular formula is C13H18N2O7S. The maximum Gasteiger partial charge on any atom is 0.328 e. The molecule has 0 aliphatic rings. The average molecular weight is 346 g/mol. The number of methoxy groups -OCH3 is 1. The fourth-order valence-electron chi connectivity index (χ4n) is 1.91. The largest absolute Gasteiger partial charge is 0.467 e. The molecule has 0 heterocycles. The molecule has 9 nitrogen and oxygen atoms in total. The molecule has 2 atom stereocenters. The van der Waals surface area contributed by atoms with E-state index in [2.05, 4.69) is 10.1 Å². The smallest absolute Gasteiger partial charge is 0.328 e. The fourth-order valence-corrected chi connectivity index (χ4v) is 2.41.